The molecular formula is C13H17F3N2O3. The Morgan fingerprint density at radius 3 is 2.38 bits per heavy atom. The van der Waals surface area contributed by atoms with Gasteiger partial charge >= 0.3 is 12.1 Å². The molecule has 5 nitrogen and oxygen atoms in total. The van der Waals surface area contributed by atoms with Crippen molar-refractivity contribution in [1.82, 2.24) is 9.88 Å². The first-order valence-electron chi connectivity index (χ1n) is 6.38. The molecule has 0 aliphatic heterocycles. The zero-order chi connectivity index (χ0) is 16.2. The number of amides is 1. The molecule has 21 heavy (non-hydrogen) atoms. The van der Waals surface area contributed by atoms with Gasteiger partial charge in [-0.1, -0.05) is 13.8 Å². The number of rotatable bonds is 6. The summed E-state index contributed by atoms with van der Waals surface area (Å²) in [5.41, 5.74) is -2.12. The first kappa shape index (κ1) is 17.1. The van der Waals surface area contributed by atoms with Gasteiger partial charge in [-0.15, -0.1) is 0 Å². The van der Waals surface area contributed by atoms with Crippen LogP contribution in [0.4, 0.5) is 13.2 Å². The Labute approximate surface area is 119 Å². The van der Waals surface area contributed by atoms with E-state index in [1.165, 1.54) is 0 Å². The Kier molecular flexibility index (Phi) is 5.40. The predicted octanol–water partition coefficient (Wildman–Crippen LogP) is 2.37. The van der Waals surface area contributed by atoms with E-state index in [4.69, 9.17) is 5.11 Å². The fraction of sp³-hybridized carbons (Fsp3) is 0.538. The maximum absolute atomic E-state index is 12.7. The second-order valence-corrected chi connectivity index (χ2v) is 5.09. The van der Waals surface area contributed by atoms with Crippen LogP contribution >= 0.6 is 0 Å². The minimum Gasteiger partial charge on any atom is -0.478 e. The third kappa shape index (κ3) is 5.13. The number of carboxylic acid groups (broad SMARTS) is 1. The number of carbonyl (C=O) groups excluding carboxylic acids is 1. The smallest absolute Gasteiger partial charge is 0.418 e. The van der Waals surface area contributed by atoms with Crippen molar-refractivity contribution in [3.05, 3.63) is 23.5 Å². The predicted molar refractivity (Wildman–Crippen MR) is 68.9 cm³/mol. The zero-order valence-electron chi connectivity index (χ0n) is 11.7. The lowest BCUT2D eigenvalue weighted by atomic mass is 10.1. The average Bonchev–Trinajstić information content (AvgIpc) is 2.72. The van der Waals surface area contributed by atoms with Crippen LogP contribution < -0.4 is 5.32 Å². The van der Waals surface area contributed by atoms with Gasteiger partial charge in [0.2, 0.25) is 5.91 Å². The highest BCUT2D eigenvalue weighted by Crippen LogP contribution is 2.32. The lowest BCUT2D eigenvalue weighted by molar-refractivity contribution is -0.138. The standard InChI is InChI=1S/C13H17F3N2O3/c1-8(2)3-4-17-11(19)7-18-5-9(12(20)21)10(6-18)13(14,15)16/h5-6,8H,3-4,7H2,1-2H3,(H,17,19)(H,20,21). The normalized spacial score (nSPS) is 11.7. The zero-order valence-corrected chi connectivity index (χ0v) is 11.7. The summed E-state index contributed by atoms with van der Waals surface area (Å²) in [6.45, 7) is 4.03. The molecule has 0 radical (unpaired) electrons. The number of alkyl halides is 3. The van der Waals surface area contributed by atoms with Crippen molar-refractivity contribution in [3.8, 4) is 0 Å². The van der Waals surface area contributed by atoms with Crippen LogP contribution in [0.5, 0.6) is 0 Å². The highest BCUT2D eigenvalue weighted by atomic mass is 19.4. The van der Waals surface area contributed by atoms with Gasteiger partial charge in [0.15, 0.2) is 0 Å². The summed E-state index contributed by atoms with van der Waals surface area (Å²) in [6, 6.07) is 0. The van der Waals surface area contributed by atoms with Crippen molar-refractivity contribution in [2.45, 2.75) is 33.0 Å². The summed E-state index contributed by atoms with van der Waals surface area (Å²) < 4.78 is 38.9. The monoisotopic (exact) mass is 306 g/mol. The minimum absolute atomic E-state index is 0.353. The van der Waals surface area contributed by atoms with Crippen LogP contribution in [0.15, 0.2) is 12.4 Å². The van der Waals surface area contributed by atoms with Gasteiger partial charge in [0, 0.05) is 18.9 Å². The molecule has 0 aliphatic rings. The quantitative estimate of drug-likeness (QED) is 0.847. The number of aromatic carboxylic acids is 1. The summed E-state index contributed by atoms with van der Waals surface area (Å²) in [4.78, 5) is 22.4. The number of carbonyl (C=O) groups is 2. The van der Waals surface area contributed by atoms with Crippen molar-refractivity contribution in [2.24, 2.45) is 5.92 Å². The van der Waals surface area contributed by atoms with Gasteiger partial charge in [-0.2, -0.15) is 13.2 Å². The Bertz CT molecular complexity index is 521. The summed E-state index contributed by atoms with van der Waals surface area (Å²) >= 11 is 0. The largest absolute Gasteiger partial charge is 0.478 e. The maximum atomic E-state index is 12.7. The van der Waals surface area contributed by atoms with E-state index in [2.05, 4.69) is 5.32 Å². The lowest BCUT2D eigenvalue weighted by Crippen LogP contribution is -2.28. The van der Waals surface area contributed by atoms with E-state index in [-0.39, 0.29) is 6.54 Å². The molecule has 1 aromatic heterocycles. The number of nitrogens with one attached hydrogen (secondary N) is 1. The fourth-order valence-corrected chi connectivity index (χ4v) is 1.72. The molecule has 2 N–H and O–H groups in total. The van der Waals surface area contributed by atoms with Gasteiger partial charge in [0.05, 0.1) is 11.1 Å². The summed E-state index contributed by atoms with van der Waals surface area (Å²) in [6.07, 6.45) is -2.57. The molecule has 1 rings (SSSR count). The molecule has 0 saturated heterocycles. The number of hydrogen-bond donors (Lipinski definition) is 2. The van der Waals surface area contributed by atoms with Crippen LogP contribution in [-0.2, 0) is 17.5 Å². The fourth-order valence-electron chi connectivity index (χ4n) is 1.72. The van der Waals surface area contributed by atoms with Crippen molar-refractivity contribution < 1.29 is 27.9 Å². The van der Waals surface area contributed by atoms with E-state index in [1.54, 1.807) is 0 Å². The number of nitrogens with zero attached hydrogens (tertiary/aromatic N) is 1. The number of hydrogen-bond acceptors (Lipinski definition) is 2. The molecule has 0 fully saturated rings. The van der Waals surface area contributed by atoms with Gasteiger partial charge in [-0.25, -0.2) is 4.79 Å². The van der Waals surface area contributed by atoms with Gasteiger partial charge in [-0.05, 0) is 12.3 Å². The van der Waals surface area contributed by atoms with Gasteiger partial charge in [-0.3, -0.25) is 4.79 Å². The molecule has 0 unspecified atom stereocenters. The van der Waals surface area contributed by atoms with Crippen LogP contribution in [0.2, 0.25) is 0 Å². The van der Waals surface area contributed by atoms with Crippen molar-refractivity contribution in [1.29, 1.82) is 0 Å². The first-order valence-corrected chi connectivity index (χ1v) is 6.38. The van der Waals surface area contributed by atoms with Crippen LogP contribution in [0.3, 0.4) is 0 Å². The maximum Gasteiger partial charge on any atom is 0.418 e. The minimum atomic E-state index is -4.77. The van der Waals surface area contributed by atoms with E-state index in [9.17, 15) is 22.8 Å². The highest BCUT2D eigenvalue weighted by molar-refractivity contribution is 5.89. The average molecular weight is 306 g/mol. The van der Waals surface area contributed by atoms with Crippen molar-refractivity contribution in [2.75, 3.05) is 6.54 Å². The third-order valence-electron chi connectivity index (χ3n) is 2.79. The van der Waals surface area contributed by atoms with E-state index >= 15 is 0 Å². The molecule has 1 amide bonds. The summed E-state index contributed by atoms with van der Waals surface area (Å²) in [5, 5.41) is 11.3. The molecule has 1 heterocycles. The number of halogens is 3. The number of aromatic nitrogens is 1. The molecule has 0 aliphatic carbocycles. The van der Waals surface area contributed by atoms with E-state index in [0.29, 0.717) is 18.7 Å². The molecule has 1 aromatic rings. The Morgan fingerprint density at radius 2 is 1.95 bits per heavy atom. The molecular weight excluding hydrogens is 289 g/mol. The molecule has 0 saturated carbocycles. The highest BCUT2D eigenvalue weighted by Gasteiger charge is 2.37. The van der Waals surface area contributed by atoms with E-state index in [1.807, 2.05) is 13.8 Å². The lowest BCUT2D eigenvalue weighted by Gasteiger charge is -2.07. The molecule has 8 heteroatoms. The summed E-state index contributed by atoms with van der Waals surface area (Å²) in [5.74, 6) is -1.75. The third-order valence-corrected chi connectivity index (χ3v) is 2.79. The molecule has 0 atom stereocenters. The Balaban J connectivity index is 2.76. The Hall–Kier alpha value is -1.99. The van der Waals surface area contributed by atoms with Crippen LogP contribution in [0, 0.1) is 5.92 Å². The SMILES string of the molecule is CC(C)CCNC(=O)Cn1cc(C(=O)O)c(C(F)(F)F)c1. The van der Waals surface area contributed by atoms with Crippen LogP contribution in [0.1, 0.15) is 36.2 Å². The van der Waals surface area contributed by atoms with Gasteiger partial charge in [0.25, 0.3) is 0 Å². The molecule has 0 spiro atoms. The van der Waals surface area contributed by atoms with E-state index in [0.717, 1.165) is 17.2 Å². The first-order chi connectivity index (χ1) is 9.61. The topological polar surface area (TPSA) is 71.3 Å². The van der Waals surface area contributed by atoms with Crippen LogP contribution in [0.25, 0.3) is 0 Å². The number of carboxylic acids is 1. The van der Waals surface area contributed by atoms with Crippen LogP contribution in [-0.4, -0.2) is 28.1 Å². The molecule has 118 valence electrons. The second kappa shape index (κ2) is 6.64. The molecule has 0 bridgehead atoms. The van der Waals surface area contributed by atoms with Gasteiger partial charge < -0.3 is 15.0 Å². The van der Waals surface area contributed by atoms with Crippen molar-refractivity contribution >= 4 is 11.9 Å². The van der Waals surface area contributed by atoms with E-state index < -0.39 is 29.2 Å². The Morgan fingerprint density at radius 1 is 1.33 bits per heavy atom. The second-order valence-electron chi connectivity index (χ2n) is 5.09. The van der Waals surface area contributed by atoms with Gasteiger partial charge in [0.1, 0.15) is 6.54 Å². The molecule has 0 aromatic carbocycles. The summed E-state index contributed by atoms with van der Waals surface area (Å²) in [7, 11) is 0. The van der Waals surface area contributed by atoms with Crippen molar-refractivity contribution in [3.63, 3.8) is 0 Å².